The van der Waals surface area contributed by atoms with Crippen molar-refractivity contribution >= 4 is 33.5 Å². The molecule has 1 aliphatic carbocycles. The van der Waals surface area contributed by atoms with E-state index in [9.17, 15) is 0 Å². The summed E-state index contributed by atoms with van der Waals surface area (Å²) >= 11 is 9.61. The predicted octanol–water partition coefficient (Wildman–Crippen LogP) is 3.86. The number of hydrogen-bond donors (Lipinski definition) is 1. The molecule has 1 N–H and O–H groups in total. The molecule has 0 unspecified atom stereocenters. The lowest BCUT2D eigenvalue weighted by molar-refractivity contribution is 0.998. The lowest BCUT2D eigenvalue weighted by atomic mass is 10.3. The summed E-state index contributed by atoms with van der Waals surface area (Å²) < 4.78 is 2.90. The fraction of sp³-hybridized carbons (Fsp3) is 0.250. The highest BCUT2D eigenvalue weighted by Gasteiger charge is 2.23. The van der Waals surface area contributed by atoms with E-state index in [0.717, 1.165) is 16.1 Å². The van der Waals surface area contributed by atoms with Crippen LogP contribution in [0.2, 0.25) is 5.02 Å². The van der Waals surface area contributed by atoms with E-state index in [4.69, 9.17) is 11.6 Å². The number of hydrogen-bond acceptors (Lipinski definition) is 2. The van der Waals surface area contributed by atoms with Crippen molar-refractivity contribution in [2.75, 3.05) is 5.32 Å². The number of aromatic nitrogens is 2. The minimum absolute atomic E-state index is 0.578. The maximum Gasteiger partial charge on any atom is 0.207 e. The van der Waals surface area contributed by atoms with Crippen molar-refractivity contribution in [3.63, 3.8) is 0 Å². The summed E-state index contributed by atoms with van der Waals surface area (Å²) in [5.74, 6) is 0.871. The van der Waals surface area contributed by atoms with E-state index in [2.05, 4.69) is 26.2 Å². The number of halogens is 2. The van der Waals surface area contributed by atoms with Gasteiger partial charge in [-0.3, -0.25) is 4.57 Å². The smallest absolute Gasteiger partial charge is 0.207 e. The normalized spacial score (nSPS) is 14.9. The highest BCUT2D eigenvalue weighted by Crippen LogP contribution is 2.31. The molecule has 88 valence electrons. The number of rotatable bonds is 3. The van der Waals surface area contributed by atoms with Gasteiger partial charge in [0.25, 0.3) is 0 Å². The Morgan fingerprint density at radius 3 is 3.00 bits per heavy atom. The minimum atomic E-state index is 0.578. The van der Waals surface area contributed by atoms with Crippen molar-refractivity contribution in [1.82, 2.24) is 9.55 Å². The zero-order valence-corrected chi connectivity index (χ0v) is 11.4. The summed E-state index contributed by atoms with van der Waals surface area (Å²) in [6, 6.07) is 6.38. The van der Waals surface area contributed by atoms with Crippen LogP contribution < -0.4 is 5.32 Å². The van der Waals surface area contributed by atoms with E-state index in [1.807, 2.05) is 29.0 Å². The second kappa shape index (κ2) is 4.35. The summed E-state index contributed by atoms with van der Waals surface area (Å²) in [6.07, 6.45) is 6.17. The van der Waals surface area contributed by atoms with E-state index in [-0.39, 0.29) is 0 Å². The molecule has 1 saturated carbocycles. The van der Waals surface area contributed by atoms with Crippen LogP contribution in [0.5, 0.6) is 0 Å². The Hall–Kier alpha value is -1.00. The first-order valence-electron chi connectivity index (χ1n) is 5.50. The molecule has 2 aromatic rings. The molecule has 5 heteroatoms. The minimum Gasteiger partial charge on any atom is -0.353 e. The van der Waals surface area contributed by atoms with Gasteiger partial charge >= 0.3 is 0 Å². The van der Waals surface area contributed by atoms with Crippen LogP contribution in [0, 0.1) is 0 Å². The Kier molecular flexibility index (Phi) is 2.84. The van der Waals surface area contributed by atoms with Crippen LogP contribution in [0.3, 0.4) is 0 Å². The van der Waals surface area contributed by atoms with Crippen molar-refractivity contribution in [1.29, 1.82) is 0 Å². The van der Waals surface area contributed by atoms with Crippen LogP contribution in [0.1, 0.15) is 12.8 Å². The Balaban J connectivity index is 2.02. The van der Waals surface area contributed by atoms with Gasteiger partial charge in [0.2, 0.25) is 5.95 Å². The molecule has 3 rings (SSSR count). The quantitative estimate of drug-likeness (QED) is 0.932. The fourth-order valence-corrected chi connectivity index (χ4v) is 2.32. The molecule has 0 atom stereocenters. The van der Waals surface area contributed by atoms with E-state index < -0.39 is 0 Å². The summed E-state index contributed by atoms with van der Waals surface area (Å²) in [5.41, 5.74) is 0.998. The van der Waals surface area contributed by atoms with Crippen LogP contribution in [-0.4, -0.2) is 15.6 Å². The third kappa shape index (κ3) is 2.19. The lowest BCUT2D eigenvalue weighted by Crippen LogP contribution is -2.08. The summed E-state index contributed by atoms with van der Waals surface area (Å²) in [5, 5.41) is 4.10. The fourth-order valence-electron chi connectivity index (χ4n) is 1.69. The molecule has 0 aliphatic heterocycles. The Morgan fingerprint density at radius 2 is 2.24 bits per heavy atom. The molecule has 0 radical (unpaired) electrons. The number of anilines is 1. The molecule has 1 aliphatic rings. The van der Waals surface area contributed by atoms with Crippen LogP contribution in [0.15, 0.2) is 35.1 Å². The van der Waals surface area contributed by atoms with Gasteiger partial charge in [-0.2, -0.15) is 0 Å². The molecular formula is C12H11BrClN3. The third-order valence-corrected chi connectivity index (χ3v) is 4.12. The molecular weight excluding hydrogens is 302 g/mol. The topological polar surface area (TPSA) is 29.9 Å². The summed E-state index contributed by atoms with van der Waals surface area (Å²) in [7, 11) is 0. The molecule has 17 heavy (non-hydrogen) atoms. The molecule has 0 saturated heterocycles. The molecule has 0 bridgehead atoms. The van der Waals surface area contributed by atoms with E-state index in [1.54, 1.807) is 6.20 Å². The first kappa shape index (κ1) is 11.1. The maximum absolute atomic E-state index is 6.10. The Labute approximate surface area is 113 Å². The van der Waals surface area contributed by atoms with Crippen molar-refractivity contribution in [2.24, 2.45) is 0 Å². The van der Waals surface area contributed by atoms with Crippen LogP contribution in [0.4, 0.5) is 5.95 Å². The van der Waals surface area contributed by atoms with Gasteiger partial charge in [-0.25, -0.2) is 4.98 Å². The standard InChI is InChI=1S/C12H11BrClN3/c13-11-9(14)2-1-3-10(11)17-7-6-15-12(17)16-8-4-5-8/h1-3,6-8H,4-5H2,(H,15,16). The molecule has 0 amide bonds. The van der Waals surface area contributed by atoms with Gasteiger partial charge in [0.1, 0.15) is 0 Å². The van der Waals surface area contributed by atoms with Crippen LogP contribution in [-0.2, 0) is 0 Å². The number of nitrogens with zero attached hydrogens (tertiary/aromatic N) is 2. The monoisotopic (exact) mass is 311 g/mol. The Morgan fingerprint density at radius 1 is 1.41 bits per heavy atom. The van der Waals surface area contributed by atoms with E-state index in [1.165, 1.54) is 12.8 Å². The second-order valence-electron chi connectivity index (χ2n) is 4.11. The third-order valence-electron chi connectivity index (χ3n) is 2.74. The lowest BCUT2D eigenvalue weighted by Gasteiger charge is -2.11. The van der Waals surface area contributed by atoms with Crippen molar-refractivity contribution in [3.05, 3.63) is 40.1 Å². The molecule has 0 spiro atoms. The number of imidazole rings is 1. The van der Waals surface area contributed by atoms with Gasteiger partial charge in [0.05, 0.1) is 15.2 Å². The molecule has 1 aromatic carbocycles. The highest BCUT2D eigenvalue weighted by atomic mass is 79.9. The maximum atomic E-state index is 6.10. The zero-order chi connectivity index (χ0) is 11.8. The SMILES string of the molecule is Clc1cccc(-n2ccnc2NC2CC2)c1Br. The molecule has 3 nitrogen and oxygen atoms in total. The number of nitrogens with one attached hydrogen (secondary N) is 1. The van der Waals surface area contributed by atoms with Crippen LogP contribution in [0.25, 0.3) is 5.69 Å². The first-order chi connectivity index (χ1) is 8.25. The van der Waals surface area contributed by atoms with Crippen LogP contribution >= 0.6 is 27.5 Å². The average molecular weight is 313 g/mol. The van der Waals surface area contributed by atoms with Gasteiger partial charge in [-0.05, 0) is 40.9 Å². The highest BCUT2D eigenvalue weighted by molar-refractivity contribution is 9.10. The molecule has 1 aromatic heterocycles. The van der Waals surface area contributed by atoms with E-state index >= 15 is 0 Å². The van der Waals surface area contributed by atoms with Gasteiger partial charge in [0.15, 0.2) is 0 Å². The Bertz CT molecular complexity index is 548. The average Bonchev–Trinajstić information content (AvgIpc) is 3.01. The summed E-state index contributed by atoms with van der Waals surface area (Å²) in [4.78, 5) is 4.33. The van der Waals surface area contributed by atoms with Gasteiger partial charge in [-0.1, -0.05) is 17.7 Å². The molecule has 1 heterocycles. The van der Waals surface area contributed by atoms with Crippen molar-refractivity contribution in [3.8, 4) is 5.69 Å². The first-order valence-corrected chi connectivity index (χ1v) is 6.67. The predicted molar refractivity (Wildman–Crippen MR) is 72.9 cm³/mol. The van der Waals surface area contributed by atoms with Gasteiger partial charge in [0, 0.05) is 18.4 Å². The van der Waals surface area contributed by atoms with Crippen molar-refractivity contribution < 1.29 is 0 Å². The van der Waals surface area contributed by atoms with Crippen molar-refractivity contribution in [2.45, 2.75) is 18.9 Å². The summed E-state index contributed by atoms with van der Waals surface area (Å²) in [6.45, 7) is 0. The zero-order valence-electron chi connectivity index (χ0n) is 9.03. The number of benzene rings is 1. The largest absolute Gasteiger partial charge is 0.353 e. The molecule has 1 fully saturated rings. The second-order valence-corrected chi connectivity index (χ2v) is 5.31. The van der Waals surface area contributed by atoms with E-state index in [0.29, 0.717) is 11.1 Å². The van der Waals surface area contributed by atoms with Gasteiger partial charge in [-0.15, -0.1) is 0 Å². The van der Waals surface area contributed by atoms with Gasteiger partial charge < -0.3 is 5.32 Å².